The van der Waals surface area contributed by atoms with Gasteiger partial charge in [-0.25, -0.2) is 9.97 Å². The van der Waals surface area contributed by atoms with Gasteiger partial charge in [0.25, 0.3) is 6.01 Å². The van der Waals surface area contributed by atoms with Crippen molar-refractivity contribution in [1.82, 2.24) is 15.0 Å². The van der Waals surface area contributed by atoms with Gasteiger partial charge in [-0.1, -0.05) is 24.3 Å². The second kappa shape index (κ2) is 7.40. The minimum atomic E-state index is 0.486. The molecule has 2 aromatic heterocycles. The van der Waals surface area contributed by atoms with E-state index >= 15 is 0 Å². The van der Waals surface area contributed by atoms with Gasteiger partial charge in [0, 0.05) is 11.6 Å². The van der Waals surface area contributed by atoms with E-state index in [1.165, 1.54) is 0 Å². The number of hydrogen-bond acceptors (Lipinski definition) is 7. The van der Waals surface area contributed by atoms with E-state index < -0.39 is 0 Å². The molecule has 0 aliphatic heterocycles. The summed E-state index contributed by atoms with van der Waals surface area (Å²) in [7, 11) is 6.39. The zero-order valence-corrected chi connectivity index (χ0v) is 16.7. The molecule has 0 aliphatic rings. The van der Waals surface area contributed by atoms with Crippen molar-refractivity contribution in [2.24, 2.45) is 0 Å². The third kappa shape index (κ3) is 3.01. The van der Waals surface area contributed by atoms with Crippen LogP contribution in [0.15, 0.2) is 36.5 Å². The van der Waals surface area contributed by atoms with Crippen molar-refractivity contribution in [3.8, 4) is 45.1 Å². The van der Waals surface area contributed by atoms with Crippen LogP contribution in [0.25, 0.3) is 32.0 Å². The van der Waals surface area contributed by atoms with Crippen LogP contribution in [-0.2, 0) is 0 Å². The van der Waals surface area contributed by atoms with Gasteiger partial charge in [0.2, 0.25) is 5.75 Å². The van der Waals surface area contributed by atoms with Gasteiger partial charge in [-0.15, -0.1) is 11.3 Å². The van der Waals surface area contributed by atoms with Crippen LogP contribution in [0.4, 0.5) is 0 Å². The van der Waals surface area contributed by atoms with Crippen molar-refractivity contribution in [3.63, 3.8) is 0 Å². The van der Waals surface area contributed by atoms with Crippen LogP contribution >= 0.6 is 11.3 Å². The fourth-order valence-electron chi connectivity index (χ4n) is 3.00. The van der Waals surface area contributed by atoms with E-state index in [-0.39, 0.29) is 0 Å². The van der Waals surface area contributed by atoms with E-state index in [9.17, 15) is 0 Å². The quantitative estimate of drug-likeness (QED) is 0.520. The van der Waals surface area contributed by atoms with E-state index in [1.54, 1.807) is 46.0 Å². The number of nitrogens with zero attached hydrogens (tertiary/aromatic N) is 2. The molecule has 0 unspecified atom stereocenters. The summed E-state index contributed by atoms with van der Waals surface area (Å²) < 4.78 is 22.5. The van der Waals surface area contributed by atoms with E-state index in [2.05, 4.69) is 9.97 Å². The number of thiazole rings is 1. The van der Waals surface area contributed by atoms with Crippen LogP contribution in [0, 0.1) is 0 Å². The number of fused-ring (bicyclic) bond motifs is 1. The summed E-state index contributed by atoms with van der Waals surface area (Å²) in [6.45, 7) is 0. The average Bonchev–Trinajstić information content (AvgIpc) is 3.39. The molecule has 0 spiro atoms. The van der Waals surface area contributed by atoms with Crippen molar-refractivity contribution in [1.29, 1.82) is 0 Å². The van der Waals surface area contributed by atoms with E-state index in [0.717, 1.165) is 32.0 Å². The summed E-state index contributed by atoms with van der Waals surface area (Å²) in [5, 5.41) is 0.886. The number of H-pyrrole nitrogens is 1. The lowest BCUT2D eigenvalue weighted by Crippen LogP contribution is -1.94. The number of aromatic nitrogens is 3. The summed E-state index contributed by atoms with van der Waals surface area (Å²) in [6, 6.07) is 10.4. The number of nitrogens with one attached hydrogen (secondary N) is 1. The smallest absolute Gasteiger partial charge is 0.293 e. The molecule has 0 saturated carbocycles. The van der Waals surface area contributed by atoms with Crippen molar-refractivity contribution in [3.05, 3.63) is 36.5 Å². The Morgan fingerprint density at radius 1 is 0.857 bits per heavy atom. The molecule has 4 rings (SSSR count). The SMILES string of the molecule is COc1ncc(-c2ccc(-c3nc4cc(OC)c(OC)c(OC)c4s3)cc2)[nH]1. The van der Waals surface area contributed by atoms with Gasteiger partial charge < -0.3 is 23.9 Å². The number of imidazole rings is 1. The molecular weight excluding hydrogens is 378 g/mol. The van der Waals surface area contributed by atoms with Gasteiger partial charge in [-0.2, -0.15) is 0 Å². The second-order valence-electron chi connectivity index (χ2n) is 5.90. The molecule has 0 amide bonds. The first-order valence-corrected chi connectivity index (χ1v) is 9.29. The predicted octanol–water partition coefficient (Wildman–Crippen LogP) is 4.39. The van der Waals surface area contributed by atoms with Gasteiger partial charge in [-0.05, 0) is 5.56 Å². The molecule has 2 aromatic carbocycles. The fourth-order valence-corrected chi connectivity index (χ4v) is 4.07. The van der Waals surface area contributed by atoms with Gasteiger partial charge >= 0.3 is 0 Å². The largest absolute Gasteiger partial charge is 0.493 e. The normalized spacial score (nSPS) is 10.9. The third-order valence-corrected chi connectivity index (χ3v) is 5.49. The number of benzene rings is 2. The molecule has 0 fully saturated rings. The molecule has 1 N–H and O–H groups in total. The molecule has 0 saturated heterocycles. The highest BCUT2D eigenvalue weighted by molar-refractivity contribution is 7.22. The topological polar surface area (TPSA) is 78.5 Å². The molecule has 0 atom stereocenters. The number of rotatable bonds is 6. The van der Waals surface area contributed by atoms with Crippen molar-refractivity contribution in [2.75, 3.05) is 28.4 Å². The van der Waals surface area contributed by atoms with Gasteiger partial charge in [0.15, 0.2) is 11.5 Å². The summed E-state index contributed by atoms with van der Waals surface area (Å²) in [5.41, 5.74) is 3.72. The molecule has 0 radical (unpaired) electrons. The molecule has 28 heavy (non-hydrogen) atoms. The van der Waals surface area contributed by atoms with Crippen LogP contribution in [0.5, 0.6) is 23.3 Å². The standard InChI is InChI=1S/C20H19N3O4S/c1-24-15-9-13-18(17(26-3)16(15)25-2)28-19(22-13)12-7-5-11(6-8-12)14-10-21-20(23-14)27-4/h5-10H,1-4H3,(H,21,23). The first kappa shape index (κ1) is 18.1. The van der Waals surface area contributed by atoms with E-state index in [4.69, 9.17) is 23.9 Å². The number of hydrogen-bond donors (Lipinski definition) is 1. The Bertz CT molecular complexity index is 1120. The molecule has 0 aliphatic carbocycles. The summed E-state index contributed by atoms with van der Waals surface area (Å²) in [4.78, 5) is 12.0. The molecule has 7 nitrogen and oxygen atoms in total. The number of methoxy groups -OCH3 is 4. The van der Waals surface area contributed by atoms with Crippen LogP contribution in [0.2, 0.25) is 0 Å². The molecule has 144 valence electrons. The van der Waals surface area contributed by atoms with Crippen LogP contribution in [-0.4, -0.2) is 43.4 Å². The van der Waals surface area contributed by atoms with Crippen molar-refractivity contribution >= 4 is 21.6 Å². The van der Waals surface area contributed by atoms with Crippen LogP contribution in [0.3, 0.4) is 0 Å². The minimum absolute atomic E-state index is 0.486. The number of ether oxygens (including phenoxy) is 4. The highest BCUT2D eigenvalue weighted by Crippen LogP contribution is 2.46. The van der Waals surface area contributed by atoms with Crippen LogP contribution in [0.1, 0.15) is 0 Å². The van der Waals surface area contributed by atoms with Crippen molar-refractivity contribution < 1.29 is 18.9 Å². The Morgan fingerprint density at radius 2 is 1.57 bits per heavy atom. The van der Waals surface area contributed by atoms with Gasteiger partial charge in [0.05, 0.1) is 45.8 Å². The molecule has 4 aromatic rings. The maximum Gasteiger partial charge on any atom is 0.293 e. The monoisotopic (exact) mass is 397 g/mol. The van der Waals surface area contributed by atoms with Crippen LogP contribution < -0.4 is 18.9 Å². The number of aromatic amines is 1. The maximum absolute atomic E-state index is 5.57. The molecule has 2 heterocycles. The van der Waals surface area contributed by atoms with E-state index in [0.29, 0.717) is 23.3 Å². The fraction of sp³-hybridized carbons (Fsp3) is 0.200. The maximum atomic E-state index is 5.57. The Hall–Kier alpha value is -3.26. The lowest BCUT2D eigenvalue weighted by Gasteiger charge is -2.11. The highest BCUT2D eigenvalue weighted by Gasteiger charge is 2.20. The van der Waals surface area contributed by atoms with Gasteiger partial charge in [0.1, 0.15) is 9.71 Å². The molecule has 8 heteroatoms. The Morgan fingerprint density at radius 3 is 2.18 bits per heavy atom. The molecular formula is C20H19N3O4S. The van der Waals surface area contributed by atoms with Crippen molar-refractivity contribution in [2.45, 2.75) is 0 Å². The Kier molecular flexibility index (Phi) is 4.79. The summed E-state index contributed by atoms with van der Waals surface area (Å²) in [5.74, 6) is 1.78. The first-order chi connectivity index (χ1) is 13.7. The second-order valence-corrected chi connectivity index (χ2v) is 6.90. The van der Waals surface area contributed by atoms with Gasteiger partial charge in [-0.3, -0.25) is 0 Å². The molecule has 0 bridgehead atoms. The minimum Gasteiger partial charge on any atom is -0.493 e. The Labute approximate surface area is 165 Å². The van der Waals surface area contributed by atoms with E-state index in [1.807, 2.05) is 30.3 Å². The lowest BCUT2D eigenvalue weighted by molar-refractivity contribution is 0.327. The zero-order valence-electron chi connectivity index (χ0n) is 15.9. The Balaban J connectivity index is 1.74. The predicted molar refractivity (Wildman–Crippen MR) is 109 cm³/mol. The summed E-state index contributed by atoms with van der Waals surface area (Å²) in [6.07, 6.45) is 1.74. The third-order valence-electron chi connectivity index (χ3n) is 4.37. The zero-order chi connectivity index (χ0) is 19.7. The first-order valence-electron chi connectivity index (χ1n) is 8.47. The lowest BCUT2D eigenvalue weighted by atomic mass is 10.1. The highest BCUT2D eigenvalue weighted by atomic mass is 32.1. The summed E-state index contributed by atoms with van der Waals surface area (Å²) >= 11 is 1.55. The average molecular weight is 397 g/mol.